The SMILES string of the molecule is N[C@@H](CO)c1cn([C@@H](CC(=O)O)C(=O)N2CCNCC2)nn1. The van der Waals surface area contributed by atoms with Crippen molar-refractivity contribution in [2.75, 3.05) is 32.8 Å². The molecule has 0 spiro atoms. The summed E-state index contributed by atoms with van der Waals surface area (Å²) in [5, 5.41) is 28.8. The maximum absolute atomic E-state index is 12.5. The number of piperazine rings is 1. The molecule has 0 saturated carbocycles. The van der Waals surface area contributed by atoms with E-state index in [1.165, 1.54) is 10.9 Å². The number of nitrogens with zero attached hydrogens (tertiary/aromatic N) is 4. The van der Waals surface area contributed by atoms with Gasteiger partial charge in [-0.3, -0.25) is 9.59 Å². The molecule has 1 amide bonds. The lowest BCUT2D eigenvalue weighted by atomic mass is 10.1. The highest BCUT2D eigenvalue weighted by Crippen LogP contribution is 2.17. The summed E-state index contributed by atoms with van der Waals surface area (Å²) in [5.41, 5.74) is 5.95. The molecule has 1 aliphatic rings. The normalized spacial score (nSPS) is 18.0. The van der Waals surface area contributed by atoms with Gasteiger partial charge in [0.05, 0.1) is 25.3 Å². The third kappa shape index (κ3) is 3.78. The van der Waals surface area contributed by atoms with E-state index in [0.29, 0.717) is 31.9 Å². The zero-order valence-corrected chi connectivity index (χ0v) is 12.1. The van der Waals surface area contributed by atoms with E-state index in [-0.39, 0.29) is 18.9 Å². The van der Waals surface area contributed by atoms with Gasteiger partial charge in [-0.15, -0.1) is 5.10 Å². The number of carbonyl (C=O) groups excluding carboxylic acids is 1. The summed E-state index contributed by atoms with van der Waals surface area (Å²) in [4.78, 5) is 25.2. The number of amides is 1. The van der Waals surface area contributed by atoms with Crippen molar-refractivity contribution in [2.45, 2.75) is 18.5 Å². The summed E-state index contributed by atoms with van der Waals surface area (Å²) >= 11 is 0. The number of nitrogens with two attached hydrogens (primary N) is 1. The first-order valence-corrected chi connectivity index (χ1v) is 7.02. The number of hydrogen-bond donors (Lipinski definition) is 4. The number of hydrogen-bond acceptors (Lipinski definition) is 7. The lowest BCUT2D eigenvalue weighted by molar-refractivity contribution is -0.144. The van der Waals surface area contributed by atoms with Crippen LogP contribution in [0.15, 0.2) is 6.20 Å². The number of carboxylic acid groups (broad SMARTS) is 1. The van der Waals surface area contributed by atoms with E-state index in [2.05, 4.69) is 15.6 Å². The van der Waals surface area contributed by atoms with Gasteiger partial charge in [0.1, 0.15) is 11.7 Å². The third-order valence-corrected chi connectivity index (χ3v) is 3.51. The summed E-state index contributed by atoms with van der Waals surface area (Å²) in [7, 11) is 0. The second kappa shape index (κ2) is 7.29. The van der Waals surface area contributed by atoms with Crippen molar-refractivity contribution < 1.29 is 19.8 Å². The van der Waals surface area contributed by atoms with Gasteiger partial charge in [-0.1, -0.05) is 5.21 Å². The summed E-state index contributed by atoms with van der Waals surface area (Å²) in [6.45, 7) is 2.07. The second-order valence-corrected chi connectivity index (χ2v) is 5.10. The Kier molecular flexibility index (Phi) is 5.41. The van der Waals surface area contributed by atoms with E-state index in [9.17, 15) is 9.59 Å². The molecule has 0 aromatic carbocycles. The van der Waals surface area contributed by atoms with Crippen molar-refractivity contribution >= 4 is 11.9 Å². The second-order valence-electron chi connectivity index (χ2n) is 5.10. The Morgan fingerprint density at radius 3 is 2.68 bits per heavy atom. The molecular formula is C12H20N6O4. The quantitative estimate of drug-likeness (QED) is 0.459. The van der Waals surface area contributed by atoms with Crippen LogP contribution < -0.4 is 11.1 Å². The van der Waals surface area contributed by atoms with E-state index >= 15 is 0 Å². The zero-order valence-electron chi connectivity index (χ0n) is 12.1. The fourth-order valence-electron chi connectivity index (χ4n) is 2.26. The molecule has 1 saturated heterocycles. The van der Waals surface area contributed by atoms with E-state index < -0.39 is 18.1 Å². The molecule has 2 atom stereocenters. The van der Waals surface area contributed by atoms with Crippen LogP contribution in [0.4, 0.5) is 0 Å². The molecule has 10 heteroatoms. The van der Waals surface area contributed by atoms with E-state index in [1.54, 1.807) is 4.90 Å². The first-order valence-electron chi connectivity index (χ1n) is 7.02. The van der Waals surface area contributed by atoms with Crippen LogP contribution in [0.5, 0.6) is 0 Å². The molecule has 0 bridgehead atoms. The number of carboxylic acids is 1. The minimum atomic E-state index is -1.10. The largest absolute Gasteiger partial charge is 0.481 e. The molecule has 10 nitrogen and oxygen atoms in total. The first kappa shape index (κ1) is 16.3. The van der Waals surface area contributed by atoms with Crippen LogP contribution >= 0.6 is 0 Å². The predicted octanol–water partition coefficient (Wildman–Crippen LogP) is -2.28. The fraction of sp³-hybridized carbons (Fsp3) is 0.667. The Hall–Kier alpha value is -2.04. The average Bonchev–Trinajstić information content (AvgIpc) is 3.01. The van der Waals surface area contributed by atoms with Gasteiger partial charge in [-0.05, 0) is 0 Å². The van der Waals surface area contributed by atoms with Crippen molar-refractivity contribution in [3.05, 3.63) is 11.9 Å². The van der Waals surface area contributed by atoms with E-state index in [0.717, 1.165) is 0 Å². The summed E-state index contributed by atoms with van der Waals surface area (Å²) < 4.78 is 1.21. The number of aliphatic carboxylic acids is 1. The lowest BCUT2D eigenvalue weighted by Crippen LogP contribution is -2.49. The van der Waals surface area contributed by atoms with Crippen LogP contribution in [-0.4, -0.2) is 74.8 Å². The van der Waals surface area contributed by atoms with Crippen LogP contribution in [-0.2, 0) is 9.59 Å². The molecule has 1 aromatic rings. The van der Waals surface area contributed by atoms with Crippen LogP contribution in [0.2, 0.25) is 0 Å². The number of nitrogens with one attached hydrogen (secondary N) is 1. The highest BCUT2D eigenvalue weighted by molar-refractivity contribution is 5.84. The Balaban J connectivity index is 2.19. The van der Waals surface area contributed by atoms with Gasteiger partial charge in [-0.2, -0.15) is 0 Å². The van der Waals surface area contributed by atoms with Gasteiger partial charge in [0.15, 0.2) is 0 Å². The smallest absolute Gasteiger partial charge is 0.306 e. The Morgan fingerprint density at radius 1 is 1.41 bits per heavy atom. The molecule has 122 valence electrons. The molecule has 0 radical (unpaired) electrons. The number of aliphatic hydroxyl groups is 1. The van der Waals surface area contributed by atoms with E-state index in [1.807, 2.05) is 0 Å². The highest BCUT2D eigenvalue weighted by atomic mass is 16.4. The van der Waals surface area contributed by atoms with Crippen LogP contribution in [0.25, 0.3) is 0 Å². The maximum atomic E-state index is 12.5. The van der Waals surface area contributed by atoms with Crippen LogP contribution in [0.3, 0.4) is 0 Å². The van der Waals surface area contributed by atoms with Crippen molar-refractivity contribution in [1.82, 2.24) is 25.2 Å². The van der Waals surface area contributed by atoms with Gasteiger partial charge in [-0.25, -0.2) is 4.68 Å². The monoisotopic (exact) mass is 312 g/mol. The number of aliphatic hydroxyl groups excluding tert-OH is 1. The first-order chi connectivity index (χ1) is 10.5. The highest BCUT2D eigenvalue weighted by Gasteiger charge is 2.30. The molecule has 0 aliphatic carbocycles. The topological polar surface area (TPSA) is 147 Å². The zero-order chi connectivity index (χ0) is 16.1. The lowest BCUT2D eigenvalue weighted by Gasteiger charge is -2.30. The summed E-state index contributed by atoms with van der Waals surface area (Å²) in [6.07, 6.45) is 1.02. The maximum Gasteiger partial charge on any atom is 0.306 e. The van der Waals surface area contributed by atoms with Gasteiger partial charge >= 0.3 is 5.97 Å². The Bertz CT molecular complexity index is 527. The van der Waals surface area contributed by atoms with Gasteiger partial charge in [0.2, 0.25) is 5.91 Å². The van der Waals surface area contributed by atoms with Crippen LogP contribution in [0.1, 0.15) is 24.2 Å². The van der Waals surface area contributed by atoms with Gasteiger partial charge in [0.25, 0.3) is 0 Å². The molecule has 22 heavy (non-hydrogen) atoms. The number of aromatic nitrogens is 3. The molecule has 1 fully saturated rings. The number of rotatable bonds is 6. The average molecular weight is 312 g/mol. The van der Waals surface area contributed by atoms with Gasteiger partial charge < -0.3 is 26.2 Å². The Morgan fingerprint density at radius 2 is 2.09 bits per heavy atom. The van der Waals surface area contributed by atoms with Crippen molar-refractivity contribution in [2.24, 2.45) is 5.73 Å². The number of carbonyl (C=O) groups is 2. The third-order valence-electron chi connectivity index (χ3n) is 3.51. The van der Waals surface area contributed by atoms with Crippen LogP contribution in [0, 0.1) is 0 Å². The minimum Gasteiger partial charge on any atom is -0.481 e. The summed E-state index contributed by atoms with van der Waals surface area (Å²) in [5.74, 6) is -1.41. The molecule has 1 aromatic heterocycles. The Labute approximate surface area is 126 Å². The molecule has 1 aliphatic heterocycles. The van der Waals surface area contributed by atoms with Crippen molar-refractivity contribution in [3.8, 4) is 0 Å². The van der Waals surface area contributed by atoms with Crippen molar-refractivity contribution in [1.29, 1.82) is 0 Å². The molecule has 0 unspecified atom stereocenters. The standard InChI is InChI=1S/C12H20N6O4/c13-8(7-19)9-6-18(16-15-9)10(5-11(20)21)12(22)17-3-1-14-2-4-17/h6,8,10,14,19H,1-5,7,13H2,(H,20,21)/t8-,10-/m0/s1. The summed E-state index contributed by atoms with van der Waals surface area (Å²) in [6, 6.07) is -1.68. The molecular weight excluding hydrogens is 292 g/mol. The van der Waals surface area contributed by atoms with E-state index in [4.69, 9.17) is 15.9 Å². The predicted molar refractivity (Wildman–Crippen MR) is 74.8 cm³/mol. The minimum absolute atomic E-state index is 0.307. The van der Waals surface area contributed by atoms with Gasteiger partial charge in [0, 0.05) is 26.2 Å². The fourth-order valence-corrected chi connectivity index (χ4v) is 2.26. The molecule has 5 N–H and O–H groups in total. The molecule has 2 rings (SSSR count). The van der Waals surface area contributed by atoms with Crippen molar-refractivity contribution in [3.63, 3.8) is 0 Å². The molecule has 2 heterocycles.